The summed E-state index contributed by atoms with van der Waals surface area (Å²) in [5.41, 5.74) is 5.70. The lowest BCUT2D eigenvalue weighted by Gasteiger charge is -2.25. The molecule has 0 aromatic heterocycles. The van der Waals surface area contributed by atoms with Crippen molar-refractivity contribution in [3.05, 3.63) is 0 Å². The third-order valence-electron chi connectivity index (χ3n) is 3.25. The molecular weight excluding hydrogens is 244 g/mol. The second-order valence-corrected chi connectivity index (χ2v) is 5.61. The molecule has 0 rings (SSSR count). The summed E-state index contributed by atoms with van der Waals surface area (Å²) in [5.74, 6) is -0.711. The maximum atomic E-state index is 12.2. The number of carbonyl (C=O) groups is 2. The Kier molecular flexibility index (Phi) is 8.39. The fourth-order valence-corrected chi connectivity index (χ4v) is 2.12. The summed E-state index contributed by atoms with van der Waals surface area (Å²) in [5, 5.41) is 8.90. The Morgan fingerprint density at radius 2 is 1.84 bits per heavy atom. The van der Waals surface area contributed by atoms with Gasteiger partial charge < -0.3 is 15.7 Å². The molecule has 0 saturated heterocycles. The molecule has 2 unspecified atom stereocenters. The summed E-state index contributed by atoms with van der Waals surface area (Å²) in [4.78, 5) is 24.6. The number of hydrogen-bond acceptors (Lipinski definition) is 3. The van der Waals surface area contributed by atoms with E-state index in [2.05, 4.69) is 13.8 Å². The van der Waals surface area contributed by atoms with Crippen LogP contribution in [0.25, 0.3) is 0 Å². The number of hydrogen-bond donors (Lipinski definition) is 2. The predicted molar refractivity (Wildman–Crippen MR) is 75.7 cm³/mol. The van der Waals surface area contributed by atoms with Crippen LogP contribution in [-0.4, -0.2) is 41.5 Å². The average molecular weight is 272 g/mol. The highest BCUT2D eigenvalue weighted by Gasteiger charge is 2.22. The molecule has 0 aliphatic heterocycles. The number of rotatable bonds is 9. The lowest BCUT2D eigenvalue weighted by atomic mass is 9.93. The van der Waals surface area contributed by atoms with Gasteiger partial charge in [0, 0.05) is 19.5 Å². The summed E-state index contributed by atoms with van der Waals surface area (Å²) in [7, 11) is 0. The second kappa shape index (κ2) is 8.91. The number of carboxylic acid groups (broad SMARTS) is 1. The molecule has 5 nitrogen and oxygen atoms in total. The van der Waals surface area contributed by atoms with Crippen LogP contribution in [0.4, 0.5) is 0 Å². The van der Waals surface area contributed by atoms with Gasteiger partial charge in [0.2, 0.25) is 5.91 Å². The van der Waals surface area contributed by atoms with E-state index in [4.69, 9.17) is 10.8 Å². The summed E-state index contributed by atoms with van der Waals surface area (Å²) >= 11 is 0. The maximum Gasteiger partial charge on any atom is 0.308 e. The number of nitrogens with two attached hydrogens (primary N) is 1. The summed E-state index contributed by atoms with van der Waals surface area (Å²) in [6.07, 6.45) is 1.34. The summed E-state index contributed by atoms with van der Waals surface area (Å²) in [6.45, 7) is 9.00. The molecule has 1 amide bonds. The molecule has 112 valence electrons. The second-order valence-electron chi connectivity index (χ2n) is 5.61. The Balaban J connectivity index is 4.45. The molecule has 0 fully saturated rings. The van der Waals surface area contributed by atoms with Crippen LogP contribution in [0.1, 0.15) is 40.5 Å². The van der Waals surface area contributed by atoms with Crippen LogP contribution in [0.3, 0.4) is 0 Å². The van der Waals surface area contributed by atoms with Crippen molar-refractivity contribution in [2.45, 2.75) is 40.5 Å². The van der Waals surface area contributed by atoms with Crippen LogP contribution >= 0.6 is 0 Å². The normalized spacial score (nSPS) is 14.2. The molecule has 0 aliphatic carbocycles. The first kappa shape index (κ1) is 17.9. The van der Waals surface area contributed by atoms with Gasteiger partial charge in [0.15, 0.2) is 0 Å². The van der Waals surface area contributed by atoms with Gasteiger partial charge in [0.05, 0.1) is 5.92 Å². The van der Waals surface area contributed by atoms with Gasteiger partial charge in [-0.2, -0.15) is 0 Å². The Bertz CT molecular complexity index is 292. The van der Waals surface area contributed by atoms with E-state index in [9.17, 15) is 9.59 Å². The van der Waals surface area contributed by atoms with Gasteiger partial charge in [-0.05, 0) is 31.7 Å². The van der Waals surface area contributed by atoms with Crippen LogP contribution < -0.4 is 5.73 Å². The van der Waals surface area contributed by atoms with E-state index in [1.165, 1.54) is 0 Å². The minimum Gasteiger partial charge on any atom is -0.481 e. The first-order valence-electron chi connectivity index (χ1n) is 7.02. The zero-order valence-electron chi connectivity index (χ0n) is 12.6. The zero-order chi connectivity index (χ0) is 15.0. The average Bonchev–Trinajstić information content (AvgIpc) is 2.33. The van der Waals surface area contributed by atoms with Crippen molar-refractivity contribution < 1.29 is 14.7 Å². The highest BCUT2D eigenvalue weighted by atomic mass is 16.4. The molecule has 0 aromatic carbocycles. The number of nitrogens with zero attached hydrogens (tertiary/aromatic N) is 1. The standard InChI is InChI=1S/C14H28N2O3/c1-5-16(9-11(4)14(18)19)13(17)7-12(8-15)6-10(2)3/h10-12H,5-9,15H2,1-4H3,(H,18,19). The molecule has 3 N–H and O–H groups in total. The molecule has 5 heteroatoms. The van der Waals surface area contributed by atoms with Crippen molar-refractivity contribution >= 4 is 11.9 Å². The van der Waals surface area contributed by atoms with Crippen LogP contribution in [0, 0.1) is 17.8 Å². The number of amides is 1. The van der Waals surface area contributed by atoms with Crippen molar-refractivity contribution in [3.63, 3.8) is 0 Å². The molecule has 0 saturated carbocycles. The van der Waals surface area contributed by atoms with Gasteiger partial charge in [-0.15, -0.1) is 0 Å². The van der Waals surface area contributed by atoms with E-state index in [-0.39, 0.29) is 18.4 Å². The third kappa shape index (κ3) is 7.15. The SMILES string of the molecule is CCN(CC(C)C(=O)O)C(=O)CC(CN)CC(C)C. The van der Waals surface area contributed by atoms with Crippen molar-refractivity contribution in [1.29, 1.82) is 0 Å². The number of carboxylic acids is 1. The van der Waals surface area contributed by atoms with Crippen LogP contribution in [0.5, 0.6) is 0 Å². The van der Waals surface area contributed by atoms with Crippen LogP contribution in [0.2, 0.25) is 0 Å². The molecule has 0 spiro atoms. The lowest BCUT2D eigenvalue weighted by molar-refractivity contribution is -0.143. The van der Waals surface area contributed by atoms with E-state index in [0.29, 0.717) is 25.4 Å². The van der Waals surface area contributed by atoms with Gasteiger partial charge in [-0.1, -0.05) is 20.8 Å². The molecule has 0 bridgehead atoms. The highest BCUT2D eigenvalue weighted by Crippen LogP contribution is 2.16. The molecule has 19 heavy (non-hydrogen) atoms. The van der Waals surface area contributed by atoms with E-state index >= 15 is 0 Å². The van der Waals surface area contributed by atoms with E-state index in [1.54, 1.807) is 11.8 Å². The first-order valence-corrected chi connectivity index (χ1v) is 7.02. The zero-order valence-corrected chi connectivity index (χ0v) is 12.6. The van der Waals surface area contributed by atoms with Gasteiger partial charge in [-0.25, -0.2) is 0 Å². The lowest BCUT2D eigenvalue weighted by Crippen LogP contribution is -2.38. The fraction of sp³-hybridized carbons (Fsp3) is 0.857. The minimum atomic E-state index is -0.871. The van der Waals surface area contributed by atoms with E-state index in [1.807, 2.05) is 6.92 Å². The molecular formula is C14H28N2O3. The van der Waals surface area contributed by atoms with Gasteiger partial charge in [-0.3, -0.25) is 9.59 Å². The van der Waals surface area contributed by atoms with Crippen molar-refractivity contribution in [3.8, 4) is 0 Å². The molecule has 0 aliphatic rings. The Morgan fingerprint density at radius 3 is 2.21 bits per heavy atom. The molecule has 0 aromatic rings. The molecule has 0 radical (unpaired) electrons. The Hall–Kier alpha value is -1.10. The topological polar surface area (TPSA) is 83.6 Å². The Morgan fingerprint density at radius 1 is 1.26 bits per heavy atom. The van der Waals surface area contributed by atoms with Crippen molar-refractivity contribution in [2.75, 3.05) is 19.6 Å². The van der Waals surface area contributed by atoms with E-state index in [0.717, 1.165) is 6.42 Å². The summed E-state index contributed by atoms with van der Waals surface area (Å²) in [6, 6.07) is 0. The Labute approximate surface area is 116 Å². The molecule has 0 heterocycles. The highest BCUT2D eigenvalue weighted by molar-refractivity contribution is 5.77. The predicted octanol–water partition coefficient (Wildman–Crippen LogP) is 1.57. The van der Waals surface area contributed by atoms with Crippen LogP contribution in [-0.2, 0) is 9.59 Å². The van der Waals surface area contributed by atoms with Crippen molar-refractivity contribution in [2.24, 2.45) is 23.5 Å². The molecule has 2 atom stereocenters. The maximum absolute atomic E-state index is 12.2. The quantitative estimate of drug-likeness (QED) is 0.667. The van der Waals surface area contributed by atoms with Crippen LogP contribution in [0.15, 0.2) is 0 Å². The largest absolute Gasteiger partial charge is 0.481 e. The number of aliphatic carboxylic acids is 1. The van der Waals surface area contributed by atoms with Gasteiger partial charge >= 0.3 is 5.97 Å². The smallest absolute Gasteiger partial charge is 0.308 e. The van der Waals surface area contributed by atoms with Gasteiger partial charge in [0.1, 0.15) is 0 Å². The first-order chi connectivity index (χ1) is 8.81. The monoisotopic (exact) mass is 272 g/mol. The third-order valence-corrected chi connectivity index (χ3v) is 3.25. The van der Waals surface area contributed by atoms with Gasteiger partial charge in [0.25, 0.3) is 0 Å². The summed E-state index contributed by atoms with van der Waals surface area (Å²) < 4.78 is 0. The van der Waals surface area contributed by atoms with E-state index < -0.39 is 11.9 Å². The number of carbonyl (C=O) groups excluding carboxylic acids is 1. The minimum absolute atomic E-state index is 0.00620. The van der Waals surface area contributed by atoms with Crippen molar-refractivity contribution in [1.82, 2.24) is 4.90 Å². The fourth-order valence-electron chi connectivity index (χ4n) is 2.12.